The average molecular weight is 248 g/mol. The van der Waals surface area contributed by atoms with Crippen LogP contribution in [0.15, 0.2) is 18.2 Å². The van der Waals surface area contributed by atoms with Crippen LogP contribution in [0, 0.1) is 12.3 Å². The molecule has 0 fully saturated rings. The summed E-state index contributed by atoms with van der Waals surface area (Å²) in [6, 6.07) is 5.49. The third-order valence-corrected chi connectivity index (χ3v) is 2.55. The Labute approximate surface area is 110 Å². The Morgan fingerprint density at radius 3 is 2.33 bits per heavy atom. The summed E-state index contributed by atoms with van der Waals surface area (Å²) in [4.78, 5) is 16.4. The third-order valence-electron chi connectivity index (χ3n) is 2.55. The summed E-state index contributed by atoms with van der Waals surface area (Å²) >= 11 is 0. The molecule has 0 radical (unpaired) electrons. The number of aryl methyl sites for hydroxylation is 1. The minimum Gasteiger partial charge on any atom is -0.346 e. The molecule has 1 N–H and O–H groups in total. The molecule has 0 spiro atoms. The summed E-state index contributed by atoms with van der Waals surface area (Å²) in [6.45, 7) is 12.5. The van der Waals surface area contributed by atoms with Gasteiger partial charge in [0.05, 0.1) is 0 Å². The van der Waals surface area contributed by atoms with Crippen molar-refractivity contribution in [1.82, 2.24) is 10.3 Å². The first kappa shape index (κ1) is 14.7. The van der Waals surface area contributed by atoms with Crippen LogP contribution >= 0.6 is 0 Å². The molecule has 0 aliphatic rings. The lowest BCUT2D eigenvalue weighted by Gasteiger charge is -2.33. The highest BCUT2D eigenvalue weighted by molar-refractivity contribution is 5.92. The normalized spacial score (nSPS) is 12.3. The minimum absolute atomic E-state index is 0.104. The fourth-order valence-corrected chi connectivity index (χ4v) is 2.41. The molecular weight excluding hydrogens is 224 g/mol. The molecule has 0 saturated heterocycles. The van der Waals surface area contributed by atoms with Crippen molar-refractivity contribution in [2.24, 2.45) is 5.41 Å². The van der Waals surface area contributed by atoms with E-state index in [4.69, 9.17) is 0 Å². The topological polar surface area (TPSA) is 42.0 Å². The van der Waals surface area contributed by atoms with Crippen molar-refractivity contribution < 1.29 is 4.79 Å². The van der Waals surface area contributed by atoms with Gasteiger partial charge >= 0.3 is 0 Å². The second-order valence-corrected chi connectivity index (χ2v) is 6.74. The number of carbonyl (C=O) groups is 1. The van der Waals surface area contributed by atoms with E-state index in [2.05, 4.69) is 31.1 Å². The van der Waals surface area contributed by atoms with Crippen molar-refractivity contribution >= 4 is 5.91 Å². The lowest BCUT2D eigenvalue weighted by molar-refractivity contribution is 0.0886. The largest absolute Gasteiger partial charge is 0.346 e. The van der Waals surface area contributed by atoms with Crippen LogP contribution in [0.2, 0.25) is 0 Å². The molecule has 0 bridgehead atoms. The first-order valence-corrected chi connectivity index (χ1v) is 6.35. The monoisotopic (exact) mass is 248 g/mol. The molecule has 1 heterocycles. The number of aromatic nitrogens is 1. The zero-order valence-electron chi connectivity index (χ0n) is 12.3. The summed E-state index contributed by atoms with van der Waals surface area (Å²) < 4.78 is 0. The van der Waals surface area contributed by atoms with Crippen molar-refractivity contribution in [1.29, 1.82) is 0 Å². The summed E-state index contributed by atoms with van der Waals surface area (Å²) in [6.07, 6.45) is 0.914. The zero-order valence-corrected chi connectivity index (χ0v) is 12.3. The van der Waals surface area contributed by atoms with E-state index in [9.17, 15) is 4.79 Å². The molecule has 0 atom stereocenters. The first-order valence-electron chi connectivity index (χ1n) is 6.35. The lowest BCUT2D eigenvalue weighted by atomic mass is 9.82. The van der Waals surface area contributed by atoms with Gasteiger partial charge in [-0.15, -0.1) is 0 Å². The predicted molar refractivity (Wildman–Crippen MR) is 74.6 cm³/mol. The van der Waals surface area contributed by atoms with E-state index in [0.29, 0.717) is 5.69 Å². The van der Waals surface area contributed by atoms with Crippen LogP contribution in [-0.4, -0.2) is 16.4 Å². The Kier molecular flexibility index (Phi) is 4.15. The number of hydrogen-bond donors (Lipinski definition) is 1. The van der Waals surface area contributed by atoms with Crippen molar-refractivity contribution in [3.8, 4) is 0 Å². The fourth-order valence-electron chi connectivity index (χ4n) is 2.41. The Balaban J connectivity index is 2.75. The van der Waals surface area contributed by atoms with Gasteiger partial charge in [0.1, 0.15) is 5.69 Å². The van der Waals surface area contributed by atoms with Crippen LogP contribution in [0.25, 0.3) is 0 Å². The molecule has 1 aromatic rings. The number of hydrogen-bond acceptors (Lipinski definition) is 2. The van der Waals surface area contributed by atoms with Gasteiger partial charge in [-0.25, -0.2) is 4.98 Å². The summed E-state index contributed by atoms with van der Waals surface area (Å²) in [5.74, 6) is -0.104. The number of rotatable bonds is 3. The van der Waals surface area contributed by atoms with Crippen molar-refractivity contribution in [2.75, 3.05) is 0 Å². The highest BCUT2D eigenvalue weighted by atomic mass is 16.2. The highest BCUT2D eigenvalue weighted by Gasteiger charge is 2.27. The fraction of sp³-hybridized carbons (Fsp3) is 0.600. The highest BCUT2D eigenvalue weighted by Crippen LogP contribution is 2.26. The molecule has 3 nitrogen and oxygen atoms in total. The van der Waals surface area contributed by atoms with Gasteiger partial charge in [-0.3, -0.25) is 4.79 Å². The van der Waals surface area contributed by atoms with Crippen LogP contribution < -0.4 is 5.32 Å². The molecule has 0 unspecified atom stereocenters. The van der Waals surface area contributed by atoms with Crippen LogP contribution in [0.1, 0.15) is 57.2 Å². The van der Waals surface area contributed by atoms with E-state index in [0.717, 1.165) is 12.1 Å². The summed E-state index contributed by atoms with van der Waals surface area (Å²) in [5, 5.41) is 3.05. The number of nitrogens with one attached hydrogen (secondary N) is 1. The van der Waals surface area contributed by atoms with E-state index in [1.807, 2.05) is 32.9 Å². The van der Waals surface area contributed by atoms with Crippen LogP contribution in [-0.2, 0) is 0 Å². The summed E-state index contributed by atoms with van der Waals surface area (Å²) in [5.41, 5.74) is 1.28. The van der Waals surface area contributed by atoms with Gasteiger partial charge in [0.25, 0.3) is 5.91 Å². The molecule has 100 valence electrons. The third kappa shape index (κ3) is 4.86. The van der Waals surface area contributed by atoms with E-state index in [1.54, 1.807) is 6.07 Å². The van der Waals surface area contributed by atoms with E-state index < -0.39 is 0 Å². The Bertz CT molecular complexity index is 430. The molecule has 1 rings (SSSR count). The van der Waals surface area contributed by atoms with Gasteiger partial charge in [0.2, 0.25) is 0 Å². The van der Waals surface area contributed by atoms with Crippen LogP contribution in [0.5, 0.6) is 0 Å². The number of carbonyl (C=O) groups excluding carboxylic acids is 1. The second-order valence-electron chi connectivity index (χ2n) is 6.74. The number of nitrogens with zero attached hydrogens (tertiary/aromatic N) is 1. The van der Waals surface area contributed by atoms with Crippen molar-refractivity contribution in [3.63, 3.8) is 0 Å². The zero-order chi connectivity index (χ0) is 14.0. The van der Waals surface area contributed by atoms with Gasteiger partial charge in [0.15, 0.2) is 0 Å². The molecular formula is C15H24N2O. The smallest absolute Gasteiger partial charge is 0.270 e. The maximum Gasteiger partial charge on any atom is 0.270 e. The van der Waals surface area contributed by atoms with E-state index in [1.165, 1.54) is 0 Å². The average Bonchev–Trinajstić information content (AvgIpc) is 2.12. The first-order chi connectivity index (χ1) is 8.09. The maximum absolute atomic E-state index is 12.1. The van der Waals surface area contributed by atoms with Gasteiger partial charge in [-0.05, 0) is 44.7 Å². The van der Waals surface area contributed by atoms with Crippen LogP contribution in [0.4, 0.5) is 0 Å². The Hall–Kier alpha value is -1.38. The van der Waals surface area contributed by atoms with Gasteiger partial charge in [0, 0.05) is 11.2 Å². The van der Waals surface area contributed by atoms with Gasteiger partial charge in [-0.2, -0.15) is 0 Å². The van der Waals surface area contributed by atoms with E-state index in [-0.39, 0.29) is 16.9 Å². The van der Waals surface area contributed by atoms with E-state index >= 15 is 0 Å². The molecule has 0 aromatic carbocycles. The van der Waals surface area contributed by atoms with Gasteiger partial charge in [-0.1, -0.05) is 26.8 Å². The molecule has 0 saturated carbocycles. The second kappa shape index (κ2) is 5.09. The van der Waals surface area contributed by atoms with Crippen molar-refractivity contribution in [3.05, 3.63) is 29.6 Å². The minimum atomic E-state index is -0.235. The van der Waals surface area contributed by atoms with Crippen molar-refractivity contribution in [2.45, 2.75) is 53.5 Å². The van der Waals surface area contributed by atoms with Gasteiger partial charge < -0.3 is 5.32 Å². The molecule has 0 aliphatic heterocycles. The molecule has 1 amide bonds. The Morgan fingerprint density at radius 2 is 1.83 bits per heavy atom. The molecule has 3 heteroatoms. The standard InChI is InChI=1S/C15H24N2O/c1-11-8-7-9-12(16-11)13(18)17-15(5,6)10-14(2,3)4/h7-9H,10H2,1-6H3,(H,17,18). The number of pyridine rings is 1. The SMILES string of the molecule is Cc1cccc(C(=O)NC(C)(C)CC(C)(C)C)n1. The van der Waals surface area contributed by atoms with Crippen LogP contribution in [0.3, 0.4) is 0 Å². The molecule has 18 heavy (non-hydrogen) atoms. The Morgan fingerprint density at radius 1 is 1.22 bits per heavy atom. The summed E-state index contributed by atoms with van der Waals surface area (Å²) in [7, 11) is 0. The quantitative estimate of drug-likeness (QED) is 0.891. The molecule has 0 aliphatic carbocycles. The number of amides is 1. The predicted octanol–water partition coefficient (Wildman–Crippen LogP) is 3.33. The maximum atomic E-state index is 12.1. The molecule has 1 aromatic heterocycles. The lowest BCUT2D eigenvalue weighted by Crippen LogP contribution is -2.46.